The molecule has 1 aromatic heterocycles. The normalized spacial score (nSPS) is 15.0. The van der Waals surface area contributed by atoms with E-state index in [1.54, 1.807) is 42.3 Å². The van der Waals surface area contributed by atoms with Gasteiger partial charge in [-0.05, 0) is 37.1 Å². The number of aromatic nitrogens is 3. The third-order valence-corrected chi connectivity index (χ3v) is 4.80. The molecule has 0 aliphatic carbocycles. The van der Waals surface area contributed by atoms with Gasteiger partial charge in [0.25, 0.3) is 11.8 Å². The number of carbonyl (C=O) groups is 2. The summed E-state index contributed by atoms with van der Waals surface area (Å²) >= 11 is 5.87. The van der Waals surface area contributed by atoms with Gasteiger partial charge in [0.1, 0.15) is 0 Å². The summed E-state index contributed by atoms with van der Waals surface area (Å²) in [5.74, 6) is -0.268. The van der Waals surface area contributed by atoms with E-state index < -0.39 is 0 Å². The molecule has 27 heavy (non-hydrogen) atoms. The molecule has 1 saturated heterocycles. The summed E-state index contributed by atoms with van der Waals surface area (Å²) in [6, 6.07) is 7.03. The molecule has 0 radical (unpaired) electrons. The molecule has 2 heterocycles. The molecule has 0 atom stereocenters. The Morgan fingerprint density at radius 1 is 1.26 bits per heavy atom. The molecule has 2 aromatic rings. The Labute approximate surface area is 162 Å². The number of piperidine rings is 1. The van der Waals surface area contributed by atoms with Gasteiger partial charge in [0.2, 0.25) is 0 Å². The number of nitrogens with one attached hydrogen (secondary N) is 1. The minimum Gasteiger partial charge on any atom is -0.383 e. The van der Waals surface area contributed by atoms with Crippen LogP contribution in [-0.4, -0.2) is 65.1 Å². The molecule has 144 valence electrons. The number of hydrogen-bond donors (Lipinski definition) is 1. The summed E-state index contributed by atoms with van der Waals surface area (Å²) < 4.78 is 6.62. The van der Waals surface area contributed by atoms with Crippen molar-refractivity contribution in [3.8, 4) is 0 Å². The lowest BCUT2D eigenvalue weighted by atomic mass is 10.0. The van der Waals surface area contributed by atoms with Crippen LogP contribution in [0.5, 0.6) is 0 Å². The zero-order valence-electron chi connectivity index (χ0n) is 15.1. The number of methoxy groups -OCH3 is 1. The number of benzene rings is 1. The Hall–Kier alpha value is -2.45. The van der Waals surface area contributed by atoms with Crippen molar-refractivity contribution in [3.05, 3.63) is 46.7 Å². The van der Waals surface area contributed by atoms with Gasteiger partial charge in [-0.3, -0.25) is 9.59 Å². The van der Waals surface area contributed by atoms with Crippen LogP contribution in [0.15, 0.2) is 30.5 Å². The maximum atomic E-state index is 12.6. The molecule has 9 heteroatoms. The molecule has 3 rings (SSSR count). The molecular weight excluding hydrogens is 370 g/mol. The number of ether oxygens (including phenoxy) is 1. The predicted molar refractivity (Wildman–Crippen MR) is 99.9 cm³/mol. The maximum Gasteiger partial charge on any atom is 0.273 e. The standard InChI is InChI=1S/C18H22ClN5O3/c1-27-11-8-20-17(25)16-12-24(22-21-16)15-6-9-23(10-7-15)18(26)13-2-4-14(19)5-3-13/h2-5,12,15H,6-11H2,1H3,(H,20,25). The molecule has 1 aliphatic heterocycles. The second-order valence-corrected chi connectivity index (χ2v) is 6.80. The number of rotatable bonds is 6. The monoisotopic (exact) mass is 391 g/mol. The molecular formula is C18H22ClN5O3. The van der Waals surface area contributed by atoms with E-state index in [-0.39, 0.29) is 23.6 Å². The van der Waals surface area contributed by atoms with Crippen LogP contribution in [-0.2, 0) is 4.74 Å². The minimum atomic E-state index is -0.270. The Morgan fingerprint density at radius 2 is 1.96 bits per heavy atom. The molecule has 0 spiro atoms. The van der Waals surface area contributed by atoms with Crippen molar-refractivity contribution in [1.82, 2.24) is 25.2 Å². The molecule has 1 N–H and O–H groups in total. The first-order valence-electron chi connectivity index (χ1n) is 8.82. The minimum absolute atomic E-state index is 0.00177. The third-order valence-electron chi connectivity index (χ3n) is 4.55. The van der Waals surface area contributed by atoms with Crippen molar-refractivity contribution in [1.29, 1.82) is 0 Å². The van der Waals surface area contributed by atoms with Crippen molar-refractivity contribution < 1.29 is 14.3 Å². The van der Waals surface area contributed by atoms with Crippen molar-refractivity contribution in [2.75, 3.05) is 33.4 Å². The van der Waals surface area contributed by atoms with E-state index in [9.17, 15) is 9.59 Å². The van der Waals surface area contributed by atoms with E-state index in [1.165, 1.54) is 0 Å². The topological polar surface area (TPSA) is 89.4 Å². The van der Waals surface area contributed by atoms with E-state index >= 15 is 0 Å². The molecule has 2 amide bonds. The molecule has 8 nitrogen and oxygen atoms in total. The summed E-state index contributed by atoms with van der Waals surface area (Å²) in [6.45, 7) is 2.12. The zero-order chi connectivity index (χ0) is 19.2. The molecule has 0 saturated carbocycles. The maximum absolute atomic E-state index is 12.6. The Bertz CT molecular complexity index is 785. The highest BCUT2D eigenvalue weighted by molar-refractivity contribution is 6.30. The molecule has 0 unspecified atom stereocenters. The van der Waals surface area contributed by atoms with Crippen molar-refractivity contribution in [2.24, 2.45) is 0 Å². The van der Waals surface area contributed by atoms with Gasteiger partial charge in [0.15, 0.2) is 5.69 Å². The zero-order valence-corrected chi connectivity index (χ0v) is 15.9. The average Bonchev–Trinajstić information content (AvgIpc) is 3.19. The van der Waals surface area contributed by atoms with Gasteiger partial charge in [-0.15, -0.1) is 5.10 Å². The van der Waals surface area contributed by atoms with Crippen LogP contribution < -0.4 is 5.32 Å². The Kier molecular flexibility index (Phi) is 6.41. The number of carbonyl (C=O) groups excluding carboxylic acids is 2. The van der Waals surface area contributed by atoms with E-state index in [0.717, 1.165) is 12.8 Å². The van der Waals surface area contributed by atoms with Gasteiger partial charge < -0.3 is 15.0 Å². The predicted octanol–water partition coefficient (Wildman–Crippen LogP) is 1.78. The van der Waals surface area contributed by atoms with E-state index in [2.05, 4.69) is 15.6 Å². The fraction of sp³-hybridized carbons (Fsp3) is 0.444. The largest absolute Gasteiger partial charge is 0.383 e. The van der Waals surface area contributed by atoms with E-state index in [0.29, 0.717) is 36.8 Å². The number of nitrogens with zero attached hydrogens (tertiary/aromatic N) is 4. The van der Waals surface area contributed by atoms with Crippen molar-refractivity contribution in [2.45, 2.75) is 18.9 Å². The Balaban J connectivity index is 1.54. The van der Waals surface area contributed by atoms with Gasteiger partial charge >= 0.3 is 0 Å². The molecule has 1 aliphatic rings. The lowest BCUT2D eigenvalue weighted by Gasteiger charge is -2.31. The fourth-order valence-electron chi connectivity index (χ4n) is 3.02. The van der Waals surface area contributed by atoms with Crippen LogP contribution in [0.4, 0.5) is 0 Å². The summed E-state index contributed by atoms with van der Waals surface area (Å²) in [5, 5.41) is 11.4. The summed E-state index contributed by atoms with van der Waals surface area (Å²) in [7, 11) is 1.58. The second-order valence-electron chi connectivity index (χ2n) is 6.36. The summed E-state index contributed by atoms with van der Waals surface area (Å²) in [5.41, 5.74) is 0.916. The molecule has 1 aromatic carbocycles. The number of amides is 2. The highest BCUT2D eigenvalue weighted by Gasteiger charge is 2.26. The lowest BCUT2D eigenvalue weighted by molar-refractivity contribution is 0.0689. The van der Waals surface area contributed by atoms with Crippen LogP contribution in [0.2, 0.25) is 5.02 Å². The van der Waals surface area contributed by atoms with Crippen LogP contribution in [0.25, 0.3) is 0 Å². The highest BCUT2D eigenvalue weighted by atomic mass is 35.5. The first-order chi connectivity index (χ1) is 13.1. The third kappa shape index (κ3) is 4.84. The van der Waals surface area contributed by atoms with Gasteiger partial charge in [-0.1, -0.05) is 16.8 Å². The van der Waals surface area contributed by atoms with E-state index in [1.807, 2.05) is 4.90 Å². The van der Waals surface area contributed by atoms with Crippen LogP contribution in [0, 0.1) is 0 Å². The number of halogens is 1. The number of hydrogen-bond acceptors (Lipinski definition) is 5. The quantitative estimate of drug-likeness (QED) is 0.758. The van der Waals surface area contributed by atoms with Crippen LogP contribution in [0.3, 0.4) is 0 Å². The Morgan fingerprint density at radius 3 is 2.63 bits per heavy atom. The average molecular weight is 392 g/mol. The first-order valence-corrected chi connectivity index (χ1v) is 9.20. The van der Waals surface area contributed by atoms with Crippen molar-refractivity contribution >= 4 is 23.4 Å². The van der Waals surface area contributed by atoms with Gasteiger partial charge in [0, 0.05) is 37.3 Å². The smallest absolute Gasteiger partial charge is 0.273 e. The molecule has 0 bridgehead atoms. The van der Waals surface area contributed by atoms with E-state index in [4.69, 9.17) is 16.3 Å². The van der Waals surface area contributed by atoms with Crippen LogP contribution >= 0.6 is 11.6 Å². The first kappa shape index (κ1) is 19.3. The van der Waals surface area contributed by atoms with Gasteiger partial charge in [-0.25, -0.2) is 4.68 Å². The number of likely N-dealkylation sites (tertiary alicyclic amines) is 1. The van der Waals surface area contributed by atoms with Gasteiger partial charge in [-0.2, -0.15) is 0 Å². The van der Waals surface area contributed by atoms with Crippen molar-refractivity contribution in [3.63, 3.8) is 0 Å². The van der Waals surface area contributed by atoms with Crippen LogP contribution in [0.1, 0.15) is 39.7 Å². The SMILES string of the molecule is COCCNC(=O)c1cn(C2CCN(C(=O)c3ccc(Cl)cc3)CC2)nn1. The highest BCUT2D eigenvalue weighted by Crippen LogP contribution is 2.23. The fourth-order valence-corrected chi connectivity index (χ4v) is 3.15. The van der Waals surface area contributed by atoms with Gasteiger partial charge in [0.05, 0.1) is 18.8 Å². The summed E-state index contributed by atoms with van der Waals surface area (Å²) in [4.78, 5) is 26.4. The summed E-state index contributed by atoms with van der Waals surface area (Å²) in [6.07, 6.45) is 3.17. The lowest BCUT2D eigenvalue weighted by Crippen LogP contribution is -2.39. The molecule has 1 fully saturated rings. The second kappa shape index (κ2) is 8.96.